The van der Waals surface area contributed by atoms with Crippen molar-refractivity contribution in [3.05, 3.63) is 149 Å². The van der Waals surface area contributed by atoms with E-state index in [1.165, 1.54) is 16.8 Å². The van der Waals surface area contributed by atoms with Crippen LogP contribution in [-0.2, 0) is 6.61 Å². The van der Waals surface area contributed by atoms with Crippen LogP contribution in [0.15, 0.2) is 126 Å². The van der Waals surface area contributed by atoms with Gasteiger partial charge in [0, 0.05) is 28.4 Å². The number of halogens is 1. The van der Waals surface area contributed by atoms with E-state index in [2.05, 4.69) is 96.3 Å². The minimum absolute atomic E-state index is 0.277. The summed E-state index contributed by atoms with van der Waals surface area (Å²) < 4.78 is 6.28. The molecule has 0 amide bonds. The van der Waals surface area contributed by atoms with Crippen molar-refractivity contribution in [3.8, 4) is 5.75 Å². The van der Waals surface area contributed by atoms with Crippen molar-refractivity contribution >= 4 is 40.0 Å². The fourth-order valence-electron chi connectivity index (χ4n) is 6.06. The highest BCUT2D eigenvalue weighted by Crippen LogP contribution is 2.49. The molecular weight excluding hydrogens is 512 g/mol. The molecule has 7 rings (SSSR count). The first-order chi connectivity index (χ1) is 19.7. The maximum Gasteiger partial charge on any atom is 0.129 e. The van der Waals surface area contributed by atoms with Crippen LogP contribution in [0.5, 0.6) is 5.75 Å². The molecule has 1 heterocycles. The van der Waals surface area contributed by atoms with Crippen LogP contribution < -0.4 is 10.1 Å². The molecule has 4 heteroatoms. The highest BCUT2D eigenvalue weighted by Gasteiger charge is 2.37. The Kier molecular flexibility index (Phi) is 6.59. The van der Waals surface area contributed by atoms with E-state index < -0.39 is 0 Å². The Hall–Kier alpha value is -4.34. The second kappa shape index (κ2) is 10.7. The molecular formula is C36H29ClN2O. The summed E-state index contributed by atoms with van der Waals surface area (Å²) in [6.07, 6.45) is 7.74. The summed E-state index contributed by atoms with van der Waals surface area (Å²) in [5, 5.41) is 6.80. The average Bonchev–Trinajstić information content (AvgIpc) is 3.50. The van der Waals surface area contributed by atoms with Gasteiger partial charge in [-0.1, -0.05) is 96.5 Å². The van der Waals surface area contributed by atoms with Crippen LogP contribution in [0, 0.1) is 5.92 Å². The van der Waals surface area contributed by atoms with E-state index in [0.717, 1.165) is 44.8 Å². The van der Waals surface area contributed by atoms with Crippen LogP contribution in [0.3, 0.4) is 0 Å². The first kappa shape index (κ1) is 24.7. The molecule has 40 heavy (non-hydrogen) atoms. The van der Waals surface area contributed by atoms with Crippen molar-refractivity contribution in [2.24, 2.45) is 10.9 Å². The largest absolute Gasteiger partial charge is 0.488 e. The van der Waals surface area contributed by atoms with Crippen molar-refractivity contribution in [2.75, 3.05) is 5.32 Å². The summed E-state index contributed by atoms with van der Waals surface area (Å²) in [7, 11) is 0. The van der Waals surface area contributed by atoms with Crippen molar-refractivity contribution in [3.63, 3.8) is 0 Å². The number of nitrogens with zero attached hydrogens (tertiary/aromatic N) is 1. The smallest absolute Gasteiger partial charge is 0.129 e. The molecule has 0 aromatic heterocycles. The van der Waals surface area contributed by atoms with Gasteiger partial charge < -0.3 is 10.1 Å². The van der Waals surface area contributed by atoms with Crippen LogP contribution in [0.25, 0.3) is 10.8 Å². The van der Waals surface area contributed by atoms with E-state index in [0.29, 0.717) is 18.4 Å². The number of ether oxygens (including phenoxy) is 1. The first-order valence-corrected chi connectivity index (χ1v) is 14.2. The van der Waals surface area contributed by atoms with Gasteiger partial charge in [0.05, 0.1) is 11.7 Å². The van der Waals surface area contributed by atoms with Gasteiger partial charge in [0.25, 0.3) is 0 Å². The maximum absolute atomic E-state index is 6.28. The summed E-state index contributed by atoms with van der Waals surface area (Å²) in [6, 6.07) is 37.9. The van der Waals surface area contributed by atoms with Crippen molar-refractivity contribution in [1.29, 1.82) is 0 Å². The molecule has 5 aromatic rings. The van der Waals surface area contributed by atoms with Gasteiger partial charge in [0.2, 0.25) is 0 Å². The predicted octanol–water partition coefficient (Wildman–Crippen LogP) is 9.65. The normalized spacial score (nSPS) is 19.4. The second-order valence-corrected chi connectivity index (χ2v) is 11.0. The Bertz CT molecular complexity index is 1720. The lowest BCUT2D eigenvalue weighted by Crippen LogP contribution is -2.28. The molecule has 1 N–H and O–H groups in total. The lowest BCUT2D eigenvalue weighted by molar-refractivity contribution is 0.306. The summed E-state index contributed by atoms with van der Waals surface area (Å²) in [6.45, 7) is 0.458. The molecule has 1 aliphatic heterocycles. The van der Waals surface area contributed by atoms with E-state index in [4.69, 9.17) is 21.3 Å². The predicted molar refractivity (Wildman–Crippen MR) is 166 cm³/mol. The van der Waals surface area contributed by atoms with Crippen molar-refractivity contribution in [1.82, 2.24) is 0 Å². The zero-order chi connectivity index (χ0) is 26.9. The fourth-order valence-corrected chi connectivity index (χ4v) is 6.18. The summed E-state index contributed by atoms with van der Waals surface area (Å²) in [5.41, 5.74) is 6.89. The SMILES string of the molecule is Clc1ccc(COc2ccc3ccccc3c2C=Nc2ccc([C@@H]3Nc4ccccc4[C@@H]4C=CC[C@H]43)cc2)cc1. The van der Waals surface area contributed by atoms with E-state index in [1.54, 1.807) is 0 Å². The van der Waals surface area contributed by atoms with Gasteiger partial charge in [0.1, 0.15) is 12.4 Å². The van der Waals surface area contributed by atoms with Crippen molar-refractivity contribution in [2.45, 2.75) is 25.0 Å². The molecule has 0 fully saturated rings. The van der Waals surface area contributed by atoms with E-state index in [1.807, 2.05) is 36.5 Å². The highest BCUT2D eigenvalue weighted by atomic mass is 35.5. The molecule has 0 saturated heterocycles. The molecule has 2 aliphatic rings. The average molecular weight is 541 g/mol. The fraction of sp³-hybridized carbons (Fsp3) is 0.139. The zero-order valence-corrected chi connectivity index (χ0v) is 22.8. The number of rotatable bonds is 6. The van der Waals surface area contributed by atoms with Crippen LogP contribution in [0.2, 0.25) is 5.02 Å². The standard InChI is InChI=1S/C36H29ClN2O/c37-27-17-12-24(13-18-27)23-40-35-21-16-25-6-1-2-7-29(25)33(35)22-38-28-19-14-26(15-20-28)36-32-10-5-9-30(32)31-8-3-4-11-34(31)39-36/h1-9,11-22,30,32,36,39H,10,23H2/t30-,32+,36-/m0/s1. The monoisotopic (exact) mass is 540 g/mol. The van der Waals surface area contributed by atoms with E-state index in [9.17, 15) is 0 Å². The van der Waals surface area contributed by atoms with Crippen molar-refractivity contribution < 1.29 is 4.74 Å². The Morgan fingerprint density at radius 2 is 1.65 bits per heavy atom. The number of benzene rings is 5. The zero-order valence-electron chi connectivity index (χ0n) is 22.0. The molecule has 0 spiro atoms. The third-order valence-electron chi connectivity index (χ3n) is 8.11. The number of hydrogen-bond acceptors (Lipinski definition) is 3. The summed E-state index contributed by atoms with van der Waals surface area (Å²) in [5.74, 6) is 1.80. The van der Waals surface area contributed by atoms with Gasteiger partial charge in [-0.05, 0) is 76.2 Å². The van der Waals surface area contributed by atoms with Gasteiger partial charge in [-0.15, -0.1) is 0 Å². The third kappa shape index (κ3) is 4.78. The molecule has 0 unspecified atom stereocenters. The second-order valence-electron chi connectivity index (χ2n) is 10.5. The molecule has 1 aliphatic carbocycles. The van der Waals surface area contributed by atoms with Gasteiger partial charge in [-0.3, -0.25) is 4.99 Å². The van der Waals surface area contributed by atoms with Crippen LogP contribution in [0.1, 0.15) is 40.6 Å². The Morgan fingerprint density at radius 3 is 2.52 bits per heavy atom. The molecule has 3 atom stereocenters. The number of allylic oxidation sites excluding steroid dienone is 2. The van der Waals surface area contributed by atoms with Gasteiger partial charge in [-0.2, -0.15) is 0 Å². The maximum atomic E-state index is 6.28. The third-order valence-corrected chi connectivity index (χ3v) is 8.36. The number of hydrogen-bond donors (Lipinski definition) is 1. The number of para-hydroxylation sites is 1. The molecule has 3 nitrogen and oxygen atoms in total. The van der Waals surface area contributed by atoms with Gasteiger partial charge in [0.15, 0.2) is 0 Å². The molecule has 5 aromatic carbocycles. The quantitative estimate of drug-likeness (QED) is 0.172. The number of fused-ring (bicyclic) bond motifs is 4. The van der Waals surface area contributed by atoms with Crippen LogP contribution >= 0.6 is 11.6 Å². The van der Waals surface area contributed by atoms with Crippen LogP contribution in [0.4, 0.5) is 11.4 Å². The highest BCUT2D eigenvalue weighted by molar-refractivity contribution is 6.30. The number of nitrogens with one attached hydrogen (secondary N) is 1. The topological polar surface area (TPSA) is 33.6 Å². The Balaban J connectivity index is 1.15. The lowest BCUT2D eigenvalue weighted by atomic mass is 9.77. The van der Waals surface area contributed by atoms with E-state index >= 15 is 0 Å². The molecule has 0 saturated carbocycles. The first-order valence-electron chi connectivity index (χ1n) is 13.8. The summed E-state index contributed by atoms with van der Waals surface area (Å²) >= 11 is 6.05. The van der Waals surface area contributed by atoms with Gasteiger partial charge in [-0.25, -0.2) is 0 Å². The van der Waals surface area contributed by atoms with Crippen LogP contribution in [-0.4, -0.2) is 6.21 Å². The number of anilines is 1. The summed E-state index contributed by atoms with van der Waals surface area (Å²) in [4.78, 5) is 4.89. The van der Waals surface area contributed by atoms with E-state index in [-0.39, 0.29) is 6.04 Å². The minimum atomic E-state index is 0.277. The van der Waals surface area contributed by atoms with Gasteiger partial charge >= 0.3 is 0 Å². The Morgan fingerprint density at radius 1 is 0.850 bits per heavy atom. The molecule has 0 radical (unpaired) electrons. The number of aliphatic imine (C=N–C) groups is 1. The minimum Gasteiger partial charge on any atom is -0.488 e. The lowest BCUT2D eigenvalue weighted by Gasteiger charge is -2.37. The Labute approximate surface area is 239 Å². The molecule has 0 bridgehead atoms. The molecule has 196 valence electrons.